The summed E-state index contributed by atoms with van der Waals surface area (Å²) < 4.78 is 5.73. The van der Waals surface area contributed by atoms with Gasteiger partial charge in [-0.2, -0.15) is 0 Å². The Bertz CT molecular complexity index is 175. The smallest absolute Gasteiger partial charge is 0.0533 e. The van der Waals surface area contributed by atoms with Gasteiger partial charge in [0.15, 0.2) is 0 Å². The highest BCUT2D eigenvalue weighted by atomic mass is 35.5. The van der Waals surface area contributed by atoms with Gasteiger partial charge in [-0.1, -0.05) is 6.92 Å². The first kappa shape index (κ1) is 9.79. The minimum Gasteiger partial charge on any atom is -0.381 e. The minimum atomic E-state index is 0.260. The summed E-state index contributed by atoms with van der Waals surface area (Å²) >= 11 is 5.99. The van der Waals surface area contributed by atoms with Crippen molar-refractivity contribution in [2.24, 2.45) is 17.3 Å². The number of hydrogen-bond acceptors (Lipinski definition) is 1. The molecular formula is C11H19ClO. The third-order valence-electron chi connectivity index (χ3n) is 3.35. The molecule has 1 atom stereocenters. The normalized spacial score (nSPS) is 27.2. The maximum atomic E-state index is 5.99. The maximum absolute atomic E-state index is 5.99. The molecule has 0 aromatic heterocycles. The zero-order chi connectivity index (χ0) is 9.31. The van der Waals surface area contributed by atoms with Crippen LogP contribution in [0.2, 0.25) is 0 Å². The van der Waals surface area contributed by atoms with Crippen LogP contribution in [0.25, 0.3) is 0 Å². The van der Waals surface area contributed by atoms with Gasteiger partial charge in [0.1, 0.15) is 0 Å². The summed E-state index contributed by atoms with van der Waals surface area (Å²) in [7, 11) is 0. The molecule has 2 rings (SSSR count). The second-order valence-corrected chi connectivity index (χ2v) is 5.29. The molecule has 0 bridgehead atoms. The van der Waals surface area contributed by atoms with Gasteiger partial charge in [-0.15, -0.1) is 11.6 Å². The van der Waals surface area contributed by atoms with Crippen molar-refractivity contribution in [2.45, 2.75) is 32.6 Å². The number of hydrogen-bond donors (Lipinski definition) is 0. The molecule has 0 aromatic carbocycles. The molecule has 2 saturated carbocycles. The van der Waals surface area contributed by atoms with Crippen molar-refractivity contribution in [3.05, 3.63) is 0 Å². The summed E-state index contributed by atoms with van der Waals surface area (Å²) in [5.74, 6) is 2.46. The summed E-state index contributed by atoms with van der Waals surface area (Å²) in [6.45, 7) is 4.11. The molecule has 1 unspecified atom stereocenters. The fourth-order valence-electron chi connectivity index (χ4n) is 1.79. The van der Waals surface area contributed by atoms with E-state index in [2.05, 4.69) is 6.92 Å². The molecule has 1 nitrogen and oxygen atoms in total. The maximum Gasteiger partial charge on any atom is 0.0533 e. The van der Waals surface area contributed by atoms with Crippen molar-refractivity contribution in [1.82, 2.24) is 0 Å². The fourth-order valence-corrected chi connectivity index (χ4v) is 2.08. The molecule has 0 aromatic rings. The lowest BCUT2D eigenvalue weighted by Crippen LogP contribution is -2.28. The Morgan fingerprint density at radius 2 is 2.00 bits per heavy atom. The lowest BCUT2D eigenvalue weighted by Gasteiger charge is -2.26. The van der Waals surface area contributed by atoms with Crippen LogP contribution in [0.1, 0.15) is 32.6 Å². The van der Waals surface area contributed by atoms with Gasteiger partial charge in [-0.25, -0.2) is 0 Å². The molecule has 2 aliphatic carbocycles. The van der Waals surface area contributed by atoms with Gasteiger partial charge in [0, 0.05) is 17.9 Å². The zero-order valence-electron chi connectivity index (χ0n) is 8.39. The highest BCUT2D eigenvalue weighted by molar-refractivity contribution is 6.18. The predicted octanol–water partition coefficient (Wildman–Crippen LogP) is 3.07. The molecule has 0 aliphatic heterocycles. The van der Waals surface area contributed by atoms with E-state index in [0.717, 1.165) is 30.9 Å². The standard InChI is InChI=1S/C11H19ClO/c1-11(7-12,10-4-5-10)8-13-6-9-2-3-9/h9-10H,2-8H2,1H3. The van der Waals surface area contributed by atoms with E-state index in [1.54, 1.807) is 0 Å². The fraction of sp³-hybridized carbons (Fsp3) is 1.00. The van der Waals surface area contributed by atoms with E-state index in [4.69, 9.17) is 16.3 Å². The molecule has 0 radical (unpaired) electrons. The Hall–Kier alpha value is 0.250. The number of halogens is 1. The van der Waals surface area contributed by atoms with Gasteiger partial charge >= 0.3 is 0 Å². The Kier molecular flexibility index (Phi) is 2.85. The third-order valence-corrected chi connectivity index (χ3v) is 3.96. The van der Waals surface area contributed by atoms with Crippen LogP contribution in [-0.2, 0) is 4.74 Å². The van der Waals surface area contributed by atoms with Crippen molar-refractivity contribution in [2.75, 3.05) is 19.1 Å². The first-order valence-electron chi connectivity index (χ1n) is 5.38. The quantitative estimate of drug-likeness (QED) is 0.602. The Morgan fingerprint density at radius 3 is 2.46 bits per heavy atom. The van der Waals surface area contributed by atoms with Gasteiger partial charge in [-0.3, -0.25) is 0 Å². The van der Waals surface area contributed by atoms with E-state index in [9.17, 15) is 0 Å². The molecule has 0 amide bonds. The second-order valence-electron chi connectivity index (χ2n) is 5.02. The van der Waals surface area contributed by atoms with E-state index < -0.39 is 0 Å². The van der Waals surface area contributed by atoms with E-state index in [0.29, 0.717) is 0 Å². The Labute approximate surface area is 85.8 Å². The van der Waals surface area contributed by atoms with Crippen molar-refractivity contribution >= 4 is 11.6 Å². The van der Waals surface area contributed by atoms with Crippen LogP contribution >= 0.6 is 11.6 Å². The minimum absolute atomic E-state index is 0.260. The Morgan fingerprint density at radius 1 is 1.31 bits per heavy atom. The van der Waals surface area contributed by atoms with Crippen LogP contribution < -0.4 is 0 Å². The van der Waals surface area contributed by atoms with Gasteiger partial charge in [0.05, 0.1) is 6.61 Å². The van der Waals surface area contributed by atoms with Crippen LogP contribution in [0, 0.1) is 17.3 Å². The molecule has 2 heteroatoms. The van der Waals surface area contributed by atoms with Crippen LogP contribution in [0.15, 0.2) is 0 Å². The zero-order valence-corrected chi connectivity index (χ0v) is 9.15. The molecule has 2 aliphatic rings. The molecule has 0 saturated heterocycles. The van der Waals surface area contributed by atoms with Crippen LogP contribution in [0.3, 0.4) is 0 Å². The first-order chi connectivity index (χ1) is 6.24. The largest absolute Gasteiger partial charge is 0.381 e. The summed E-state index contributed by atoms with van der Waals surface area (Å²) in [5.41, 5.74) is 0.260. The molecule has 0 spiro atoms. The SMILES string of the molecule is CC(CCl)(COCC1CC1)C1CC1. The molecule has 76 valence electrons. The van der Waals surface area contributed by atoms with Gasteiger partial charge in [0.25, 0.3) is 0 Å². The Balaban J connectivity index is 1.68. The van der Waals surface area contributed by atoms with Crippen molar-refractivity contribution in [3.8, 4) is 0 Å². The second kappa shape index (κ2) is 3.78. The first-order valence-corrected chi connectivity index (χ1v) is 5.92. The van der Waals surface area contributed by atoms with E-state index in [-0.39, 0.29) is 5.41 Å². The summed E-state index contributed by atoms with van der Waals surface area (Å²) in [6, 6.07) is 0. The van der Waals surface area contributed by atoms with Crippen molar-refractivity contribution in [1.29, 1.82) is 0 Å². The summed E-state index contributed by atoms with van der Waals surface area (Å²) in [4.78, 5) is 0. The number of ether oxygens (including phenoxy) is 1. The van der Waals surface area contributed by atoms with Crippen molar-refractivity contribution < 1.29 is 4.74 Å². The lowest BCUT2D eigenvalue weighted by atomic mass is 9.88. The van der Waals surface area contributed by atoms with Crippen LogP contribution in [0.4, 0.5) is 0 Å². The van der Waals surface area contributed by atoms with Gasteiger partial charge < -0.3 is 4.74 Å². The topological polar surface area (TPSA) is 9.23 Å². The molecule has 0 heterocycles. The molecule has 2 fully saturated rings. The van der Waals surface area contributed by atoms with E-state index >= 15 is 0 Å². The molecule has 0 N–H and O–H groups in total. The summed E-state index contributed by atoms with van der Waals surface area (Å²) in [6.07, 6.45) is 5.47. The predicted molar refractivity (Wildman–Crippen MR) is 55.1 cm³/mol. The molecular weight excluding hydrogens is 184 g/mol. The average Bonchev–Trinajstić information content (AvgIpc) is 2.96. The summed E-state index contributed by atoms with van der Waals surface area (Å²) in [5, 5.41) is 0. The monoisotopic (exact) mass is 202 g/mol. The third kappa shape index (κ3) is 2.60. The van der Waals surface area contributed by atoms with E-state index in [1.165, 1.54) is 25.7 Å². The van der Waals surface area contributed by atoms with Crippen LogP contribution in [-0.4, -0.2) is 19.1 Å². The van der Waals surface area contributed by atoms with E-state index in [1.807, 2.05) is 0 Å². The van der Waals surface area contributed by atoms with Gasteiger partial charge in [0.2, 0.25) is 0 Å². The van der Waals surface area contributed by atoms with Gasteiger partial charge in [-0.05, 0) is 37.5 Å². The number of alkyl halides is 1. The lowest BCUT2D eigenvalue weighted by molar-refractivity contribution is 0.0466. The average molecular weight is 203 g/mol. The van der Waals surface area contributed by atoms with Crippen molar-refractivity contribution in [3.63, 3.8) is 0 Å². The highest BCUT2D eigenvalue weighted by Gasteiger charge is 2.41. The van der Waals surface area contributed by atoms with Crippen LogP contribution in [0.5, 0.6) is 0 Å². The number of rotatable bonds is 6. The highest BCUT2D eigenvalue weighted by Crippen LogP contribution is 2.46. The molecule has 13 heavy (non-hydrogen) atoms.